The number of rotatable bonds is 6. The molecule has 5 nitrogen and oxygen atoms in total. The molecule has 3 aromatic rings. The van der Waals surface area contributed by atoms with E-state index >= 15 is 0 Å². The fourth-order valence-electron chi connectivity index (χ4n) is 3.47. The van der Waals surface area contributed by atoms with E-state index in [9.17, 15) is 0 Å². The zero-order valence-corrected chi connectivity index (χ0v) is 20.5. The van der Waals surface area contributed by atoms with Crippen molar-refractivity contribution < 1.29 is 0 Å². The van der Waals surface area contributed by atoms with Crippen LogP contribution in [-0.4, -0.2) is 39.2 Å². The molecule has 164 valence electrons. The predicted octanol–water partition coefficient (Wildman–Crippen LogP) is 6.58. The van der Waals surface area contributed by atoms with Crippen LogP contribution in [0, 0.1) is 5.41 Å². The molecule has 0 aliphatic heterocycles. The second kappa shape index (κ2) is 9.70. The summed E-state index contributed by atoms with van der Waals surface area (Å²) in [5, 5.41) is 14.7. The smallest absolute Gasteiger partial charge is 0.173 e. The molecule has 0 aliphatic rings. The number of halogens is 3. The highest BCUT2D eigenvalue weighted by Crippen LogP contribution is 2.36. The van der Waals surface area contributed by atoms with Crippen LogP contribution in [-0.2, 0) is 0 Å². The summed E-state index contributed by atoms with van der Waals surface area (Å²) in [6, 6.07) is 13.0. The van der Waals surface area contributed by atoms with Crippen LogP contribution in [0.2, 0.25) is 15.1 Å². The van der Waals surface area contributed by atoms with Crippen molar-refractivity contribution in [3.05, 3.63) is 80.6 Å². The zero-order valence-electron chi connectivity index (χ0n) is 18.2. The van der Waals surface area contributed by atoms with Crippen LogP contribution in [0.5, 0.6) is 0 Å². The van der Waals surface area contributed by atoms with Gasteiger partial charge in [-0.2, -0.15) is 0 Å². The molecule has 2 aromatic carbocycles. The first-order valence-corrected chi connectivity index (χ1v) is 11.0. The molecule has 0 fully saturated rings. The lowest BCUT2D eigenvalue weighted by molar-refractivity contribution is 0.245. The predicted molar refractivity (Wildman–Crippen MR) is 129 cm³/mol. The molecule has 0 unspecified atom stereocenters. The van der Waals surface area contributed by atoms with E-state index in [-0.39, 0.29) is 17.5 Å². The van der Waals surface area contributed by atoms with Gasteiger partial charge in [0.05, 0.1) is 12.1 Å². The van der Waals surface area contributed by atoms with Gasteiger partial charge in [-0.3, -0.25) is 4.90 Å². The third-order valence-electron chi connectivity index (χ3n) is 5.04. The monoisotopic (exact) mass is 477 g/mol. The van der Waals surface area contributed by atoms with Gasteiger partial charge in [0.15, 0.2) is 5.82 Å². The lowest BCUT2D eigenvalue weighted by Crippen LogP contribution is -2.30. The molecule has 0 radical (unpaired) electrons. The first kappa shape index (κ1) is 23.7. The van der Waals surface area contributed by atoms with Crippen molar-refractivity contribution in [1.82, 2.24) is 25.1 Å². The van der Waals surface area contributed by atoms with Crippen molar-refractivity contribution in [1.29, 1.82) is 0 Å². The highest BCUT2D eigenvalue weighted by atomic mass is 35.5. The standard InChI is InChI=1S/C23H26Cl3N5/c1-23(2,3)20(13-9-15-6-12-18(25)14-19(15)26)31-22(27-28-29-31)21(30(4)5)16-7-10-17(24)11-8-16/h6-14,20-21H,1-5H3/b13-9-/t20-,21+/m1/s1. The van der Waals surface area contributed by atoms with Crippen molar-refractivity contribution in [3.8, 4) is 0 Å². The Hall–Kier alpha value is -1.92. The number of hydrogen-bond acceptors (Lipinski definition) is 4. The van der Waals surface area contributed by atoms with E-state index in [0.29, 0.717) is 15.1 Å². The second-order valence-electron chi connectivity index (χ2n) is 8.74. The van der Waals surface area contributed by atoms with Gasteiger partial charge < -0.3 is 0 Å². The third kappa shape index (κ3) is 5.66. The highest BCUT2D eigenvalue weighted by molar-refractivity contribution is 6.35. The molecule has 0 bridgehead atoms. The van der Waals surface area contributed by atoms with Crippen molar-refractivity contribution in [2.45, 2.75) is 32.9 Å². The Morgan fingerprint density at radius 1 is 0.968 bits per heavy atom. The van der Waals surface area contributed by atoms with Crippen LogP contribution in [0.15, 0.2) is 48.5 Å². The van der Waals surface area contributed by atoms with Gasteiger partial charge in [0.1, 0.15) is 0 Å². The second-order valence-corrected chi connectivity index (χ2v) is 10.0. The third-order valence-corrected chi connectivity index (χ3v) is 5.85. The van der Waals surface area contributed by atoms with Crippen LogP contribution < -0.4 is 0 Å². The fourth-order valence-corrected chi connectivity index (χ4v) is 4.07. The first-order chi connectivity index (χ1) is 14.6. The minimum atomic E-state index is -0.156. The molecule has 0 saturated heterocycles. The number of tetrazole rings is 1. The lowest BCUT2D eigenvalue weighted by Gasteiger charge is -2.31. The van der Waals surface area contributed by atoms with Crippen molar-refractivity contribution in [2.75, 3.05) is 14.1 Å². The van der Waals surface area contributed by atoms with E-state index in [1.165, 1.54) is 0 Å². The van der Waals surface area contributed by atoms with Crippen molar-refractivity contribution in [2.24, 2.45) is 5.41 Å². The molecule has 3 rings (SSSR count). The maximum Gasteiger partial charge on any atom is 0.173 e. The van der Waals surface area contributed by atoms with Gasteiger partial charge in [0.2, 0.25) is 0 Å². The van der Waals surface area contributed by atoms with Gasteiger partial charge in [0, 0.05) is 15.1 Å². The average Bonchev–Trinajstić information content (AvgIpc) is 3.12. The molecule has 0 N–H and O–H groups in total. The Morgan fingerprint density at radius 3 is 2.19 bits per heavy atom. The Morgan fingerprint density at radius 2 is 1.61 bits per heavy atom. The Kier molecular flexibility index (Phi) is 7.43. The first-order valence-electron chi connectivity index (χ1n) is 9.91. The minimum absolute atomic E-state index is 0.112. The molecule has 31 heavy (non-hydrogen) atoms. The summed E-state index contributed by atoms with van der Waals surface area (Å²) in [7, 11) is 4.02. The van der Waals surface area contributed by atoms with Crippen molar-refractivity contribution >= 4 is 40.9 Å². The van der Waals surface area contributed by atoms with E-state index in [4.69, 9.17) is 34.8 Å². The summed E-state index contributed by atoms with van der Waals surface area (Å²) >= 11 is 18.5. The number of allylic oxidation sites excluding steroid dienone is 1. The zero-order chi connectivity index (χ0) is 22.8. The summed E-state index contributed by atoms with van der Waals surface area (Å²) in [6.45, 7) is 6.47. The van der Waals surface area contributed by atoms with Crippen LogP contribution in [0.1, 0.15) is 49.8 Å². The maximum atomic E-state index is 6.37. The molecule has 0 amide bonds. The summed E-state index contributed by atoms with van der Waals surface area (Å²) in [4.78, 5) is 2.09. The van der Waals surface area contributed by atoms with E-state index in [0.717, 1.165) is 17.0 Å². The minimum Gasteiger partial charge on any atom is -0.296 e. The Labute approximate surface area is 198 Å². The topological polar surface area (TPSA) is 46.8 Å². The maximum absolute atomic E-state index is 6.37. The fraction of sp³-hybridized carbons (Fsp3) is 0.348. The molecule has 1 heterocycles. The van der Waals surface area contributed by atoms with Crippen LogP contribution in [0.25, 0.3) is 6.08 Å². The van der Waals surface area contributed by atoms with E-state index in [2.05, 4.69) is 47.3 Å². The molecule has 0 saturated carbocycles. The Bertz CT molecular complexity index is 1050. The lowest BCUT2D eigenvalue weighted by atomic mass is 9.86. The van der Waals surface area contributed by atoms with Crippen molar-refractivity contribution in [3.63, 3.8) is 0 Å². The van der Waals surface area contributed by atoms with E-state index in [1.807, 2.05) is 61.3 Å². The van der Waals surface area contributed by atoms with Gasteiger partial charge in [-0.15, -0.1) is 5.10 Å². The molecule has 2 atom stereocenters. The summed E-state index contributed by atoms with van der Waals surface area (Å²) < 4.78 is 1.89. The summed E-state index contributed by atoms with van der Waals surface area (Å²) in [6.07, 6.45) is 4.08. The van der Waals surface area contributed by atoms with Gasteiger partial charge >= 0.3 is 0 Å². The highest BCUT2D eigenvalue weighted by Gasteiger charge is 2.31. The Balaban J connectivity index is 2.05. The van der Waals surface area contributed by atoms with Crippen LogP contribution in [0.3, 0.4) is 0 Å². The molecular formula is C23H26Cl3N5. The molecule has 1 aromatic heterocycles. The number of hydrogen-bond donors (Lipinski definition) is 0. The molecular weight excluding hydrogens is 453 g/mol. The van der Waals surface area contributed by atoms with Crippen LogP contribution >= 0.6 is 34.8 Å². The van der Waals surface area contributed by atoms with Gasteiger partial charge in [-0.1, -0.05) is 85.9 Å². The number of aromatic nitrogens is 4. The average molecular weight is 479 g/mol. The van der Waals surface area contributed by atoms with Gasteiger partial charge in [0.25, 0.3) is 0 Å². The van der Waals surface area contributed by atoms with E-state index < -0.39 is 0 Å². The number of nitrogens with zero attached hydrogens (tertiary/aromatic N) is 5. The van der Waals surface area contributed by atoms with E-state index in [1.54, 1.807) is 6.07 Å². The number of benzene rings is 2. The normalized spacial score (nSPS) is 14.4. The summed E-state index contributed by atoms with van der Waals surface area (Å²) in [5.41, 5.74) is 1.79. The SMILES string of the molecule is CN(C)[C@@H](c1ccc(Cl)cc1)c1nnnn1[C@H](/C=C\c1ccc(Cl)cc1Cl)C(C)(C)C. The largest absolute Gasteiger partial charge is 0.296 e. The van der Waals surface area contributed by atoms with Gasteiger partial charge in [-0.25, -0.2) is 4.68 Å². The molecule has 0 aliphatic carbocycles. The van der Waals surface area contributed by atoms with Crippen LogP contribution in [0.4, 0.5) is 0 Å². The quantitative estimate of drug-likeness (QED) is 0.401. The molecule has 8 heteroatoms. The summed E-state index contributed by atoms with van der Waals surface area (Å²) in [5.74, 6) is 0.749. The molecule has 0 spiro atoms. The van der Waals surface area contributed by atoms with Gasteiger partial charge in [-0.05, 0) is 65.3 Å².